The van der Waals surface area contributed by atoms with E-state index in [9.17, 15) is 4.79 Å². The van der Waals surface area contributed by atoms with Gasteiger partial charge in [-0.05, 0) is 0 Å². The Morgan fingerprint density at radius 3 is 2.85 bits per heavy atom. The van der Waals surface area contributed by atoms with Crippen molar-refractivity contribution in [2.45, 2.75) is 38.3 Å². The van der Waals surface area contributed by atoms with Crippen molar-refractivity contribution in [1.29, 1.82) is 0 Å². The maximum absolute atomic E-state index is 11.5. The van der Waals surface area contributed by atoms with Gasteiger partial charge in [-0.25, -0.2) is 9.78 Å². The molecule has 0 bridgehead atoms. The predicted octanol–water partition coefficient (Wildman–Crippen LogP) is 1.82. The van der Waals surface area contributed by atoms with E-state index in [1.807, 2.05) is 0 Å². The number of nitrogens with zero attached hydrogens (tertiary/aromatic N) is 3. The molecular weight excluding hydrogens is 258 g/mol. The second-order valence-electron chi connectivity index (χ2n) is 6.20. The van der Waals surface area contributed by atoms with Crippen LogP contribution in [0.4, 0.5) is 4.79 Å². The molecule has 20 heavy (non-hydrogen) atoms. The fourth-order valence-electron chi connectivity index (χ4n) is 2.96. The van der Waals surface area contributed by atoms with Crippen molar-refractivity contribution in [2.24, 2.45) is 0 Å². The lowest BCUT2D eigenvalue weighted by Crippen LogP contribution is -2.37. The lowest BCUT2D eigenvalue weighted by molar-refractivity contribution is 0.0626. The smallest absolute Gasteiger partial charge is 0.410 e. The standard InChI is InChI=1S/C14H21N3O3/c1-10(2)12-15-11(7-19-12)6-17-5-4-14(9-17)8-16(3)13(18)20-14/h7,10H,4-6,8-9H2,1-3H3/t14-/m0/s1. The van der Waals surface area contributed by atoms with Crippen LogP contribution in [-0.4, -0.2) is 53.2 Å². The van der Waals surface area contributed by atoms with E-state index in [-0.39, 0.29) is 11.7 Å². The molecule has 1 atom stereocenters. The average Bonchev–Trinajstić information content (AvgIpc) is 3.03. The monoisotopic (exact) mass is 279 g/mol. The lowest BCUT2D eigenvalue weighted by atomic mass is 10.0. The van der Waals surface area contributed by atoms with Gasteiger partial charge in [0.1, 0.15) is 11.9 Å². The average molecular weight is 279 g/mol. The molecule has 3 rings (SSSR count). The van der Waals surface area contributed by atoms with Crippen LogP contribution in [0.15, 0.2) is 10.7 Å². The van der Waals surface area contributed by atoms with Crippen LogP contribution in [0.3, 0.4) is 0 Å². The lowest BCUT2D eigenvalue weighted by Gasteiger charge is -2.21. The number of amides is 1. The number of hydrogen-bond acceptors (Lipinski definition) is 5. The zero-order valence-electron chi connectivity index (χ0n) is 12.3. The van der Waals surface area contributed by atoms with Gasteiger partial charge in [-0.3, -0.25) is 4.90 Å². The van der Waals surface area contributed by atoms with Crippen LogP contribution in [-0.2, 0) is 11.3 Å². The number of oxazole rings is 1. The molecule has 0 unspecified atom stereocenters. The second kappa shape index (κ2) is 4.77. The molecule has 0 radical (unpaired) electrons. The Bertz CT molecular complexity index is 514. The molecule has 0 saturated carbocycles. The zero-order valence-corrected chi connectivity index (χ0v) is 12.3. The summed E-state index contributed by atoms with van der Waals surface area (Å²) in [6.45, 7) is 7.25. The first-order valence-corrected chi connectivity index (χ1v) is 7.08. The third-order valence-corrected chi connectivity index (χ3v) is 3.99. The van der Waals surface area contributed by atoms with E-state index in [0.29, 0.717) is 12.5 Å². The summed E-state index contributed by atoms with van der Waals surface area (Å²) < 4.78 is 11.0. The van der Waals surface area contributed by atoms with Crippen LogP contribution >= 0.6 is 0 Å². The quantitative estimate of drug-likeness (QED) is 0.844. The van der Waals surface area contributed by atoms with E-state index >= 15 is 0 Å². The van der Waals surface area contributed by atoms with Crippen LogP contribution in [0, 0.1) is 0 Å². The van der Waals surface area contributed by atoms with Gasteiger partial charge in [0.2, 0.25) is 0 Å². The van der Waals surface area contributed by atoms with Crippen LogP contribution < -0.4 is 0 Å². The Morgan fingerprint density at radius 1 is 1.45 bits per heavy atom. The molecule has 0 aliphatic carbocycles. The summed E-state index contributed by atoms with van der Waals surface area (Å²) in [5.41, 5.74) is 0.625. The van der Waals surface area contributed by atoms with Crippen molar-refractivity contribution in [3.05, 3.63) is 17.8 Å². The minimum atomic E-state index is -0.323. The molecule has 1 amide bonds. The van der Waals surface area contributed by atoms with Gasteiger partial charge in [-0.2, -0.15) is 0 Å². The van der Waals surface area contributed by atoms with Gasteiger partial charge in [-0.15, -0.1) is 0 Å². The van der Waals surface area contributed by atoms with Crippen LogP contribution in [0.25, 0.3) is 0 Å². The second-order valence-corrected chi connectivity index (χ2v) is 6.20. The van der Waals surface area contributed by atoms with Crippen molar-refractivity contribution in [1.82, 2.24) is 14.8 Å². The van der Waals surface area contributed by atoms with Gasteiger partial charge >= 0.3 is 6.09 Å². The van der Waals surface area contributed by atoms with Gasteiger partial charge in [0.25, 0.3) is 0 Å². The maximum Gasteiger partial charge on any atom is 0.410 e. The van der Waals surface area contributed by atoms with Gasteiger partial charge in [-0.1, -0.05) is 13.8 Å². The minimum Gasteiger partial charge on any atom is -0.448 e. The highest BCUT2D eigenvalue weighted by Gasteiger charge is 2.48. The number of likely N-dealkylation sites (N-methyl/N-ethyl adjacent to an activating group) is 1. The molecule has 0 aromatic carbocycles. The summed E-state index contributed by atoms with van der Waals surface area (Å²) in [4.78, 5) is 19.9. The molecular formula is C14H21N3O3. The first-order chi connectivity index (χ1) is 9.47. The Hall–Kier alpha value is -1.56. The van der Waals surface area contributed by atoms with E-state index in [4.69, 9.17) is 9.15 Å². The number of aromatic nitrogens is 1. The van der Waals surface area contributed by atoms with Crippen molar-refractivity contribution >= 4 is 6.09 Å². The van der Waals surface area contributed by atoms with Crippen LogP contribution in [0.5, 0.6) is 0 Å². The molecule has 1 aromatic heterocycles. The van der Waals surface area contributed by atoms with Crippen molar-refractivity contribution in [3.8, 4) is 0 Å². The van der Waals surface area contributed by atoms with E-state index in [1.165, 1.54) is 0 Å². The van der Waals surface area contributed by atoms with Gasteiger partial charge in [0, 0.05) is 39.0 Å². The van der Waals surface area contributed by atoms with Crippen LogP contribution in [0.2, 0.25) is 0 Å². The van der Waals surface area contributed by atoms with E-state index < -0.39 is 0 Å². The highest BCUT2D eigenvalue weighted by molar-refractivity contribution is 5.70. The molecule has 3 heterocycles. The SMILES string of the molecule is CC(C)c1nc(CN2CC[C@@]3(C2)CN(C)C(=O)O3)co1. The molecule has 110 valence electrons. The summed E-state index contributed by atoms with van der Waals surface area (Å²) in [7, 11) is 1.78. The third kappa shape index (κ3) is 2.40. The number of rotatable bonds is 3. The first kappa shape index (κ1) is 13.4. The largest absolute Gasteiger partial charge is 0.448 e. The summed E-state index contributed by atoms with van der Waals surface area (Å²) in [6.07, 6.45) is 2.40. The molecule has 0 N–H and O–H groups in total. The molecule has 2 fully saturated rings. The van der Waals surface area contributed by atoms with Crippen LogP contribution in [0.1, 0.15) is 37.8 Å². The normalized spacial score (nSPS) is 27.0. The summed E-state index contributed by atoms with van der Waals surface area (Å²) in [5, 5.41) is 0. The van der Waals surface area contributed by atoms with Gasteiger partial charge in [0.15, 0.2) is 5.89 Å². The van der Waals surface area contributed by atoms with Crippen molar-refractivity contribution < 1.29 is 13.9 Å². The summed E-state index contributed by atoms with van der Waals surface area (Å²) in [6, 6.07) is 0. The van der Waals surface area contributed by atoms with Crippen molar-refractivity contribution in [3.63, 3.8) is 0 Å². The Balaban J connectivity index is 1.61. The fourth-order valence-corrected chi connectivity index (χ4v) is 2.96. The molecule has 6 nitrogen and oxygen atoms in total. The van der Waals surface area contributed by atoms with Gasteiger partial charge < -0.3 is 14.1 Å². The minimum absolute atomic E-state index is 0.213. The van der Waals surface area contributed by atoms with E-state index in [0.717, 1.165) is 37.6 Å². The Morgan fingerprint density at radius 2 is 2.25 bits per heavy atom. The molecule has 1 aromatic rings. The highest BCUT2D eigenvalue weighted by Crippen LogP contribution is 2.32. The Kier molecular flexibility index (Phi) is 3.20. The first-order valence-electron chi connectivity index (χ1n) is 7.08. The highest BCUT2D eigenvalue weighted by atomic mass is 16.6. The molecule has 2 saturated heterocycles. The zero-order chi connectivity index (χ0) is 14.3. The Labute approximate surface area is 118 Å². The third-order valence-electron chi connectivity index (χ3n) is 3.99. The fraction of sp³-hybridized carbons (Fsp3) is 0.714. The van der Waals surface area contributed by atoms with Gasteiger partial charge in [0.05, 0.1) is 12.2 Å². The number of carbonyl (C=O) groups excluding carboxylic acids is 1. The molecule has 1 spiro atoms. The number of ether oxygens (including phenoxy) is 1. The molecule has 2 aliphatic rings. The summed E-state index contributed by atoms with van der Waals surface area (Å²) in [5.74, 6) is 1.08. The van der Waals surface area contributed by atoms with E-state index in [2.05, 4.69) is 23.7 Å². The number of hydrogen-bond donors (Lipinski definition) is 0. The number of carbonyl (C=O) groups is 1. The van der Waals surface area contributed by atoms with Crippen molar-refractivity contribution in [2.75, 3.05) is 26.7 Å². The molecule has 2 aliphatic heterocycles. The maximum atomic E-state index is 11.5. The van der Waals surface area contributed by atoms with E-state index in [1.54, 1.807) is 18.2 Å². The molecule has 6 heteroatoms. The number of likely N-dealkylation sites (tertiary alicyclic amines) is 1. The summed E-state index contributed by atoms with van der Waals surface area (Å²) >= 11 is 0. The predicted molar refractivity (Wildman–Crippen MR) is 72.3 cm³/mol. The topological polar surface area (TPSA) is 58.8 Å².